The van der Waals surface area contributed by atoms with Crippen LogP contribution in [0.5, 0.6) is 0 Å². The van der Waals surface area contributed by atoms with Gasteiger partial charge in [-0.2, -0.15) is 0 Å². The van der Waals surface area contributed by atoms with Crippen molar-refractivity contribution in [2.24, 2.45) is 5.92 Å². The lowest BCUT2D eigenvalue weighted by atomic mass is 9.84. The molecule has 1 aromatic rings. The van der Waals surface area contributed by atoms with Crippen LogP contribution in [-0.2, 0) is 9.59 Å². The van der Waals surface area contributed by atoms with Gasteiger partial charge in [-0.3, -0.25) is 14.4 Å². The van der Waals surface area contributed by atoms with Crippen LogP contribution >= 0.6 is 11.6 Å². The molecule has 28 heavy (non-hydrogen) atoms. The summed E-state index contributed by atoms with van der Waals surface area (Å²) in [5.41, 5.74) is 0.475. The van der Waals surface area contributed by atoms with Crippen molar-refractivity contribution in [1.29, 1.82) is 0 Å². The van der Waals surface area contributed by atoms with Crippen LogP contribution in [-0.4, -0.2) is 47.3 Å². The maximum Gasteiger partial charge on any atom is 0.251 e. The fourth-order valence-corrected chi connectivity index (χ4v) is 4.97. The van der Waals surface area contributed by atoms with Crippen molar-refractivity contribution in [1.82, 2.24) is 15.5 Å². The van der Waals surface area contributed by atoms with Crippen LogP contribution in [0.3, 0.4) is 0 Å². The third-order valence-electron chi connectivity index (χ3n) is 6.22. The lowest BCUT2D eigenvalue weighted by Gasteiger charge is -2.36. The Hall–Kier alpha value is -2.08. The maximum absolute atomic E-state index is 13.0. The van der Waals surface area contributed by atoms with Gasteiger partial charge in [0.25, 0.3) is 5.91 Å². The molecule has 2 N–H and O–H groups in total. The van der Waals surface area contributed by atoms with Crippen LogP contribution in [0, 0.1) is 5.92 Å². The fourth-order valence-electron chi connectivity index (χ4n) is 4.78. The molecule has 0 spiro atoms. The molecular weight excluding hydrogens is 378 g/mol. The molecule has 150 valence electrons. The van der Waals surface area contributed by atoms with E-state index in [1.165, 1.54) is 19.3 Å². The molecule has 2 heterocycles. The number of fused-ring (bicyclic) bond motifs is 1. The van der Waals surface area contributed by atoms with Crippen LogP contribution in [0.25, 0.3) is 0 Å². The second kappa shape index (κ2) is 8.11. The predicted molar refractivity (Wildman–Crippen MR) is 106 cm³/mol. The van der Waals surface area contributed by atoms with Crippen molar-refractivity contribution in [3.63, 3.8) is 0 Å². The van der Waals surface area contributed by atoms with Crippen LogP contribution in [0.2, 0.25) is 5.02 Å². The first-order valence-electron chi connectivity index (χ1n) is 10.2. The molecule has 1 saturated carbocycles. The summed E-state index contributed by atoms with van der Waals surface area (Å²) in [6.07, 6.45) is 7.15. The van der Waals surface area contributed by atoms with Crippen molar-refractivity contribution in [2.75, 3.05) is 6.54 Å². The van der Waals surface area contributed by atoms with Crippen LogP contribution in [0.15, 0.2) is 24.3 Å². The van der Waals surface area contributed by atoms with E-state index in [1.54, 1.807) is 29.2 Å². The molecule has 1 aromatic carbocycles. The maximum atomic E-state index is 13.0. The largest absolute Gasteiger partial charge is 0.347 e. The highest BCUT2D eigenvalue weighted by atomic mass is 35.5. The first kappa shape index (κ1) is 19.2. The van der Waals surface area contributed by atoms with Gasteiger partial charge in [0.1, 0.15) is 12.1 Å². The Morgan fingerprint density at radius 1 is 1.21 bits per heavy atom. The summed E-state index contributed by atoms with van der Waals surface area (Å²) in [6.45, 7) is 0.379. The molecule has 0 unspecified atom stereocenters. The number of rotatable bonds is 4. The average molecular weight is 404 g/mol. The Labute approximate surface area is 170 Å². The van der Waals surface area contributed by atoms with E-state index in [-0.39, 0.29) is 23.8 Å². The van der Waals surface area contributed by atoms with Gasteiger partial charge < -0.3 is 15.5 Å². The van der Waals surface area contributed by atoms with Crippen LogP contribution in [0.4, 0.5) is 0 Å². The molecule has 2 aliphatic heterocycles. The molecule has 3 amide bonds. The van der Waals surface area contributed by atoms with E-state index in [2.05, 4.69) is 10.6 Å². The second-order valence-electron chi connectivity index (χ2n) is 8.22. The Morgan fingerprint density at radius 2 is 2.00 bits per heavy atom. The number of hydrogen-bond acceptors (Lipinski definition) is 3. The summed E-state index contributed by atoms with van der Waals surface area (Å²) >= 11 is 5.95. The molecule has 2 saturated heterocycles. The van der Waals surface area contributed by atoms with Crippen molar-refractivity contribution >= 4 is 29.3 Å². The molecular formula is C21H26ClN3O3. The molecule has 7 heteroatoms. The Morgan fingerprint density at radius 3 is 2.75 bits per heavy atom. The number of carbonyl (C=O) groups is 3. The second-order valence-corrected chi connectivity index (χ2v) is 8.66. The number of halogens is 1. The van der Waals surface area contributed by atoms with E-state index >= 15 is 0 Å². The molecule has 1 aliphatic carbocycles. The van der Waals surface area contributed by atoms with Gasteiger partial charge in [-0.25, -0.2) is 0 Å². The first-order chi connectivity index (χ1) is 13.5. The Kier molecular flexibility index (Phi) is 5.58. The summed E-state index contributed by atoms with van der Waals surface area (Å²) in [7, 11) is 0. The molecule has 0 bridgehead atoms. The molecule has 4 rings (SSSR count). The zero-order chi connectivity index (χ0) is 19.7. The Bertz CT molecular complexity index is 778. The lowest BCUT2D eigenvalue weighted by Crippen LogP contribution is -2.61. The van der Waals surface area contributed by atoms with Crippen molar-refractivity contribution in [3.8, 4) is 0 Å². The van der Waals surface area contributed by atoms with Gasteiger partial charge in [-0.05, 0) is 37.0 Å². The summed E-state index contributed by atoms with van der Waals surface area (Å²) in [4.78, 5) is 39.7. The highest BCUT2D eigenvalue weighted by Gasteiger charge is 2.47. The topological polar surface area (TPSA) is 78.5 Å². The zero-order valence-corrected chi connectivity index (χ0v) is 16.6. The summed E-state index contributed by atoms with van der Waals surface area (Å²) in [5, 5.41) is 6.38. The van der Waals surface area contributed by atoms with Crippen molar-refractivity contribution < 1.29 is 14.4 Å². The lowest BCUT2D eigenvalue weighted by molar-refractivity contribution is -0.147. The number of nitrogens with one attached hydrogen (secondary N) is 2. The molecule has 3 atom stereocenters. The number of carbonyl (C=O) groups excluding carboxylic acids is 3. The van der Waals surface area contributed by atoms with Crippen LogP contribution < -0.4 is 10.6 Å². The third kappa shape index (κ3) is 4.02. The quantitative estimate of drug-likeness (QED) is 0.810. The number of piperazine rings is 1. The number of nitrogens with zero attached hydrogens (tertiary/aromatic N) is 1. The van der Waals surface area contributed by atoms with Crippen molar-refractivity contribution in [2.45, 2.75) is 63.1 Å². The minimum absolute atomic E-state index is 0.00493. The first-order valence-corrected chi connectivity index (χ1v) is 10.6. The van der Waals surface area contributed by atoms with Gasteiger partial charge in [0.2, 0.25) is 11.8 Å². The average Bonchev–Trinajstić information content (AvgIpc) is 3.11. The highest BCUT2D eigenvalue weighted by molar-refractivity contribution is 6.30. The number of benzene rings is 1. The molecule has 6 nitrogen and oxygen atoms in total. The standard InChI is InChI=1S/C21H26ClN3O3/c22-15-8-4-7-14(10-15)19(26)23-16-11-18-20(27)24-17(21(28)25(18)12-16)9-13-5-2-1-3-6-13/h4,7-8,10,13,16-18H,1-3,5-6,9,11-12H2,(H,23,26)(H,24,27)/t16-,17-,18-/m0/s1. The van der Waals surface area contributed by atoms with E-state index in [1.807, 2.05) is 0 Å². The van der Waals surface area contributed by atoms with E-state index < -0.39 is 12.1 Å². The van der Waals surface area contributed by atoms with Gasteiger partial charge in [-0.15, -0.1) is 0 Å². The van der Waals surface area contributed by atoms with Gasteiger partial charge >= 0.3 is 0 Å². The molecule has 3 fully saturated rings. The van der Waals surface area contributed by atoms with E-state index in [4.69, 9.17) is 11.6 Å². The molecule has 3 aliphatic rings. The monoisotopic (exact) mass is 403 g/mol. The normalized spacial score (nSPS) is 28.0. The van der Waals surface area contributed by atoms with Crippen molar-refractivity contribution in [3.05, 3.63) is 34.9 Å². The predicted octanol–water partition coefficient (Wildman–Crippen LogP) is 2.51. The number of amides is 3. The zero-order valence-electron chi connectivity index (χ0n) is 15.8. The van der Waals surface area contributed by atoms with Crippen LogP contribution in [0.1, 0.15) is 55.3 Å². The highest BCUT2D eigenvalue weighted by Crippen LogP contribution is 2.30. The smallest absolute Gasteiger partial charge is 0.251 e. The minimum atomic E-state index is -0.486. The van der Waals surface area contributed by atoms with Gasteiger partial charge in [0, 0.05) is 23.2 Å². The number of hydrogen-bond donors (Lipinski definition) is 2. The molecule has 0 radical (unpaired) electrons. The summed E-state index contributed by atoms with van der Waals surface area (Å²) in [6, 6.07) is 5.60. The third-order valence-corrected chi connectivity index (χ3v) is 6.45. The minimum Gasteiger partial charge on any atom is -0.347 e. The van der Waals surface area contributed by atoms with Gasteiger partial charge in [0.15, 0.2) is 0 Å². The van der Waals surface area contributed by atoms with Gasteiger partial charge in [0.05, 0.1) is 0 Å². The fraction of sp³-hybridized carbons (Fsp3) is 0.571. The Balaban J connectivity index is 1.39. The summed E-state index contributed by atoms with van der Waals surface area (Å²) < 4.78 is 0. The summed E-state index contributed by atoms with van der Waals surface area (Å²) in [5.74, 6) is 0.175. The van der Waals surface area contributed by atoms with E-state index in [0.717, 1.165) is 19.3 Å². The SMILES string of the molecule is O=C(N[C@H]1C[C@H]2C(=O)N[C@@H](CC3CCCCC3)C(=O)N2C1)c1cccc(Cl)c1. The van der Waals surface area contributed by atoms with E-state index in [0.29, 0.717) is 29.5 Å². The molecule has 0 aromatic heterocycles. The van der Waals surface area contributed by atoms with Gasteiger partial charge in [-0.1, -0.05) is 49.8 Å². The van der Waals surface area contributed by atoms with E-state index in [9.17, 15) is 14.4 Å².